The summed E-state index contributed by atoms with van der Waals surface area (Å²) >= 11 is 1.83. The van der Waals surface area contributed by atoms with E-state index in [1.807, 2.05) is 11.3 Å². The molecule has 84 valence electrons. The number of nitrogens with one attached hydrogen (secondary N) is 1. The smallest absolute Gasteiger partial charge is 0.0680 e. The molecule has 1 aliphatic carbocycles. The minimum Gasteiger partial charge on any atom is -0.394 e. The van der Waals surface area contributed by atoms with Gasteiger partial charge in [-0.25, -0.2) is 0 Å². The molecule has 2 nitrogen and oxygen atoms in total. The van der Waals surface area contributed by atoms with Crippen molar-refractivity contribution in [2.24, 2.45) is 0 Å². The minimum absolute atomic E-state index is 0.149. The van der Waals surface area contributed by atoms with Crippen LogP contribution in [0, 0.1) is 0 Å². The number of aryl methyl sites for hydroxylation is 1. The van der Waals surface area contributed by atoms with E-state index >= 15 is 0 Å². The van der Waals surface area contributed by atoms with Crippen LogP contribution in [0.5, 0.6) is 0 Å². The lowest BCUT2D eigenvalue weighted by molar-refractivity contribution is 0.143. The Morgan fingerprint density at radius 1 is 1.60 bits per heavy atom. The van der Waals surface area contributed by atoms with Crippen LogP contribution in [0.25, 0.3) is 0 Å². The summed E-state index contributed by atoms with van der Waals surface area (Å²) in [5.74, 6) is 0. The molecule has 1 unspecified atom stereocenters. The van der Waals surface area contributed by atoms with Gasteiger partial charge >= 0.3 is 0 Å². The molecular formula is C12H19NOS. The molecule has 1 aromatic rings. The second-order valence-corrected chi connectivity index (χ2v) is 5.28. The molecule has 0 fully saturated rings. The molecule has 0 saturated heterocycles. The van der Waals surface area contributed by atoms with Crippen LogP contribution in [0.3, 0.4) is 0 Å². The summed E-state index contributed by atoms with van der Waals surface area (Å²) in [7, 11) is 0. The zero-order valence-electron chi connectivity index (χ0n) is 9.25. The van der Waals surface area contributed by atoms with Gasteiger partial charge in [0.05, 0.1) is 12.1 Å². The number of thiophene rings is 1. The predicted molar refractivity (Wildman–Crippen MR) is 64.3 cm³/mol. The molecule has 1 atom stereocenters. The lowest BCUT2D eigenvalue weighted by atomic mass is 9.80. The average molecular weight is 225 g/mol. The van der Waals surface area contributed by atoms with E-state index in [1.165, 1.54) is 23.3 Å². The van der Waals surface area contributed by atoms with E-state index < -0.39 is 0 Å². The Bertz CT molecular complexity index is 323. The van der Waals surface area contributed by atoms with Crippen LogP contribution in [-0.2, 0) is 12.0 Å². The van der Waals surface area contributed by atoms with E-state index in [-0.39, 0.29) is 12.1 Å². The normalized spacial score (nSPS) is 25.2. The summed E-state index contributed by atoms with van der Waals surface area (Å²) in [5.41, 5.74) is 1.19. The standard InChI is InChI=1S/C12H19NOS/c1-2-7-13-12(9-14)6-3-4-11-10(12)5-8-15-11/h5,8,13-14H,2-4,6-7,9H2,1H3. The van der Waals surface area contributed by atoms with Gasteiger partial charge in [0.1, 0.15) is 0 Å². The summed E-state index contributed by atoms with van der Waals surface area (Å²) in [6.07, 6.45) is 4.54. The zero-order chi connectivity index (χ0) is 10.7. The van der Waals surface area contributed by atoms with Gasteiger partial charge in [0.2, 0.25) is 0 Å². The van der Waals surface area contributed by atoms with E-state index in [1.54, 1.807) is 0 Å². The van der Waals surface area contributed by atoms with Crippen LogP contribution in [-0.4, -0.2) is 18.3 Å². The van der Waals surface area contributed by atoms with E-state index in [9.17, 15) is 5.11 Å². The molecule has 0 aliphatic heterocycles. The Morgan fingerprint density at radius 2 is 2.47 bits per heavy atom. The number of aliphatic hydroxyl groups excluding tert-OH is 1. The van der Waals surface area contributed by atoms with Crippen molar-refractivity contribution < 1.29 is 5.11 Å². The molecule has 0 bridgehead atoms. The van der Waals surface area contributed by atoms with Crippen LogP contribution in [0.4, 0.5) is 0 Å². The van der Waals surface area contributed by atoms with Crippen molar-refractivity contribution in [3.8, 4) is 0 Å². The van der Waals surface area contributed by atoms with Crippen LogP contribution in [0.1, 0.15) is 36.6 Å². The molecule has 1 heterocycles. The van der Waals surface area contributed by atoms with Crippen molar-refractivity contribution in [2.75, 3.05) is 13.2 Å². The lowest BCUT2D eigenvalue weighted by Crippen LogP contribution is -2.47. The van der Waals surface area contributed by atoms with Gasteiger partial charge in [-0.3, -0.25) is 0 Å². The maximum atomic E-state index is 9.68. The highest BCUT2D eigenvalue weighted by molar-refractivity contribution is 7.10. The highest BCUT2D eigenvalue weighted by Gasteiger charge is 2.35. The second kappa shape index (κ2) is 4.64. The molecule has 3 heteroatoms. The fourth-order valence-corrected chi connectivity index (χ4v) is 3.43. The summed E-state index contributed by atoms with van der Waals surface area (Å²) in [6, 6.07) is 2.18. The summed E-state index contributed by atoms with van der Waals surface area (Å²) in [4.78, 5) is 1.46. The van der Waals surface area contributed by atoms with E-state index in [0.717, 1.165) is 19.4 Å². The molecule has 0 radical (unpaired) electrons. The van der Waals surface area contributed by atoms with E-state index in [4.69, 9.17) is 0 Å². The second-order valence-electron chi connectivity index (χ2n) is 4.28. The Kier molecular flexibility index (Phi) is 3.44. The lowest BCUT2D eigenvalue weighted by Gasteiger charge is -2.37. The Morgan fingerprint density at radius 3 is 3.20 bits per heavy atom. The molecule has 0 spiro atoms. The van der Waals surface area contributed by atoms with Gasteiger partial charge in [0.25, 0.3) is 0 Å². The Labute approximate surface area is 95.3 Å². The van der Waals surface area contributed by atoms with Gasteiger partial charge in [-0.1, -0.05) is 6.92 Å². The molecule has 0 saturated carbocycles. The Balaban J connectivity index is 2.26. The summed E-state index contributed by atoms with van der Waals surface area (Å²) < 4.78 is 0. The molecular weight excluding hydrogens is 206 g/mol. The zero-order valence-corrected chi connectivity index (χ0v) is 10.1. The molecule has 0 aromatic carbocycles. The number of aliphatic hydroxyl groups is 1. The van der Waals surface area contributed by atoms with Crippen LogP contribution >= 0.6 is 11.3 Å². The Hall–Kier alpha value is -0.380. The highest BCUT2D eigenvalue weighted by Crippen LogP contribution is 2.37. The summed E-state index contributed by atoms with van der Waals surface area (Å²) in [6.45, 7) is 3.36. The van der Waals surface area contributed by atoms with Gasteiger partial charge in [-0.2, -0.15) is 0 Å². The number of fused-ring (bicyclic) bond motifs is 1. The maximum Gasteiger partial charge on any atom is 0.0680 e. The van der Waals surface area contributed by atoms with E-state index in [0.29, 0.717) is 0 Å². The molecule has 1 aromatic heterocycles. The van der Waals surface area contributed by atoms with Gasteiger partial charge < -0.3 is 10.4 Å². The first-order valence-corrected chi connectivity index (χ1v) is 6.63. The third-order valence-corrected chi connectivity index (χ3v) is 4.23. The first-order valence-electron chi connectivity index (χ1n) is 5.75. The van der Waals surface area contributed by atoms with Crippen molar-refractivity contribution in [3.05, 3.63) is 21.9 Å². The first-order chi connectivity index (χ1) is 7.32. The third kappa shape index (κ3) is 1.96. The van der Waals surface area contributed by atoms with Crippen molar-refractivity contribution in [1.29, 1.82) is 0 Å². The van der Waals surface area contributed by atoms with Crippen LogP contribution in [0.15, 0.2) is 11.4 Å². The molecule has 2 N–H and O–H groups in total. The predicted octanol–water partition coefficient (Wildman–Crippen LogP) is 2.27. The van der Waals surface area contributed by atoms with Gasteiger partial charge in [-0.15, -0.1) is 11.3 Å². The monoisotopic (exact) mass is 225 g/mol. The average Bonchev–Trinajstić information content (AvgIpc) is 2.75. The van der Waals surface area contributed by atoms with Crippen molar-refractivity contribution in [2.45, 2.75) is 38.1 Å². The molecule has 2 rings (SSSR count). The topological polar surface area (TPSA) is 32.3 Å². The fraction of sp³-hybridized carbons (Fsp3) is 0.667. The van der Waals surface area contributed by atoms with Crippen LogP contribution in [0.2, 0.25) is 0 Å². The molecule has 1 aliphatic rings. The number of rotatable bonds is 4. The van der Waals surface area contributed by atoms with Gasteiger partial charge in [0, 0.05) is 4.88 Å². The largest absolute Gasteiger partial charge is 0.394 e. The minimum atomic E-state index is -0.149. The first kappa shape index (κ1) is 11.1. The number of hydrogen-bond donors (Lipinski definition) is 2. The quantitative estimate of drug-likeness (QED) is 0.824. The van der Waals surface area contributed by atoms with Crippen molar-refractivity contribution in [1.82, 2.24) is 5.32 Å². The highest BCUT2D eigenvalue weighted by atomic mass is 32.1. The fourth-order valence-electron chi connectivity index (χ4n) is 2.41. The van der Waals surface area contributed by atoms with Crippen LogP contribution < -0.4 is 5.32 Å². The maximum absolute atomic E-state index is 9.68. The van der Waals surface area contributed by atoms with Gasteiger partial charge in [-0.05, 0) is 49.2 Å². The van der Waals surface area contributed by atoms with Crippen molar-refractivity contribution in [3.63, 3.8) is 0 Å². The summed E-state index contributed by atoms with van der Waals surface area (Å²) in [5, 5.41) is 15.4. The molecule has 15 heavy (non-hydrogen) atoms. The SMILES string of the molecule is CCCNC1(CO)CCCc2sccc21. The van der Waals surface area contributed by atoms with E-state index in [2.05, 4.69) is 23.7 Å². The van der Waals surface area contributed by atoms with Crippen molar-refractivity contribution >= 4 is 11.3 Å². The number of hydrogen-bond acceptors (Lipinski definition) is 3. The third-order valence-electron chi connectivity index (χ3n) is 3.25. The molecule has 0 amide bonds. The van der Waals surface area contributed by atoms with Gasteiger partial charge in [0.15, 0.2) is 0 Å².